The van der Waals surface area contributed by atoms with Crippen molar-refractivity contribution in [3.05, 3.63) is 0 Å². The lowest BCUT2D eigenvalue weighted by atomic mass is 9.87. The van der Waals surface area contributed by atoms with Crippen molar-refractivity contribution >= 4 is 12.1 Å². The molecule has 0 aliphatic rings. The van der Waals surface area contributed by atoms with Crippen LogP contribution in [0.1, 0.15) is 34.6 Å². The van der Waals surface area contributed by atoms with Crippen molar-refractivity contribution in [1.29, 1.82) is 0 Å². The van der Waals surface area contributed by atoms with Crippen LogP contribution >= 0.6 is 0 Å². The zero-order chi connectivity index (χ0) is 15.3. The van der Waals surface area contributed by atoms with Crippen LogP contribution in [0.3, 0.4) is 0 Å². The maximum absolute atomic E-state index is 11.7. The van der Waals surface area contributed by atoms with Crippen molar-refractivity contribution in [3.8, 4) is 0 Å². The molecule has 0 heterocycles. The third-order valence-electron chi connectivity index (χ3n) is 2.59. The Bertz CT molecular complexity index is 319. The molecule has 0 aromatic heterocycles. The van der Waals surface area contributed by atoms with E-state index in [2.05, 4.69) is 10.1 Å². The minimum Gasteiger partial charge on any atom is -0.467 e. The van der Waals surface area contributed by atoms with Gasteiger partial charge in [0.2, 0.25) is 0 Å². The van der Waals surface area contributed by atoms with Gasteiger partial charge in [-0.15, -0.1) is 0 Å². The summed E-state index contributed by atoms with van der Waals surface area (Å²) in [5.41, 5.74) is -1.00. The summed E-state index contributed by atoms with van der Waals surface area (Å²) in [7, 11) is 1.27. The monoisotopic (exact) mass is 275 g/mol. The van der Waals surface area contributed by atoms with Gasteiger partial charge >= 0.3 is 12.1 Å². The Labute approximate surface area is 114 Å². The van der Waals surface area contributed by atoms with E-state index >= 15 is 0 Å². The molecule has 0 bridgehead atoms. The third kappa shape index (κ3) is 6.42. The summed E-state index contributed by atoms with van der Waals surface area (Å²) in [6.45, 7) is 8.93. The molecule has 0 aliphatic heterocycles. The molecule has 0 rings (SSSR count). The van der Waals surface area contributed by atoms with E-state index in [0.717, 1.165) is 0 Å². The van der Waals surface area contributed by atoms with Crippen LogP contribution in [0.25, 0.3) is 0 Å². The Kier molecular flexibility index (Phi) is 6.29. The fraction of sp³-hybridized carbons (Fsp3) is 0.846. The molecule has 1 unspecified atom stereocenters. The second-order valence-corrected chi connectivity index (χ2v) is 6.36. The summed E-state index contributed by atoms with van der Waals surface area (Å²) >= 11 is 0. The largest absolute Gasteiger partial charge is 0.467 e. The van der Waals surface area contributed by atoms with Gasteiger partial charge in [-0.2, -0.15) is 0 Å². The number of hydrogen-bond acceptors (Lipinski definition) is 5. The number of alkyl carbamates (subject to hydrolysis) is 1. The molecule has 0 saturated carbocycles. The summed E-state index contributed by atoms with van der Waals surface area (Å²) in [5.74, 6) is -0.522. The number of methoxy groups -OCH3 is 1. The van der Waals surface area contributed by atoms with E-state index in [0.29, 0.717) is 0 Å². The molecule has 0 aliphatic carbocycles. The highest BCUT2D eigenvalue weighted by Crippen LogP contribution is 2.20. The van der Waals surface area contributed by atoms with E-state index in [9.17, 15) is 9.59 Å². The second kappa shape index (κ2) is 6.75. The number of hydrogen-bond donors (Lipinski definition) is 2. The number of esters is 1. The van der Waals surface area contributed by atoms with Gasteiger partial charge in [0.25, 0.3) is 0 Å². The van der Waals surface area contributed by atoms with Crippen molar-refractivity contribution in [2.45, 2.75) is 40.7 Å². The van der Waals surface area contributed by atoms with Crippen molar-refractivity contribution in [2.24, 2.45) is 10.8 Å². The molecule has 1 atom stereocenters. The van der Waals surface area contributed by atoms with Crippen LogP contribution in [0.4, 0.5) is 4.79 Å². The van der Waals surface area contributed by atoms with E-state index in [1.54, 1.807) is 13.8 Å². The van der Waals surface area contributed by atoms with Crippen LogP contribution in [-0.2, 0) is 14.3 Å². The van der Waals surface area contributed by atoms with E-state index in [1.807, 2.05) is 20.8 Å². The van der Waals surface area contributed by atoms with Gasteiger partial charge in [0.15, 0.2) is 0 Å². The average molecular weight is 275 g/mol. The van der Waals surface area contributed by atoms with E-state index in [1.165, 1.54) is 7.11 Å². The SMILES string of the molecule is COC(=O)C(NC(=O)OCC(C)(C)CO)C(C)(C)C. The first-order chi connectivity index (χ1) is 8.53. The Morgan fingerprint density at radius 1 is 1.21 bits per heavy atom. The lowest BCUT2D eigenvalue weighted by Crippen LogP contribution is -2.50. The predicted octanol–water partition coefficient (Wildman–Crippen LogP) is 1.32. The molecular formula is C13H25NO5. The van der Waals surface area contributed by atoms with Gasteiger partial charge in [0.1, 0.15) is 12.6 Å². The highest BCUT2D eigenvalue weighted by molar-refractivity contribution is 5.82. The van der Waals surface area contributed by atoms with Crippen LogP contribution < -0.4 is 5.32 Å². The zero-order valence-electron chi connectivity index (χ0n) is 12.6. The van der Waals surface area contributed by atoms with Crippen LogP contribution in [0.15, 0.2) is 0 Å². The molecule has 0 saturated heterocycles. The molecule has 6 heteroatoms. The molecular weight excluding hydrogens is 250 g/mol. The molecule has 0 radical (unpaired) electrons. The number of aliphatic hydroxyl groups is 1. The predicted molar refractivity (Wildman–Crippen MR) is 70.6 cm³/mol. The van der Waals surface area contributed by atoms with Crippen molar-refractivity contribution in [2.75, 3.05) is 20.3 Å². The fourth-order valence-electron chi connectivity index (χ4n) is 1.21. The van der Waals surface area contributed by atoms with Crippen LogP contribution in [0, 0.1) is 10.8 Å². The van der Waals surface area contributed by atoms with Gasteiger partial charge in [-0.05, 0) is 5.41 Å². The standard InChI is InChI=1S/C13H25NO5/c1-12(2,3)9(10(16)18-6)14-11(17)19-8-13(4,5)7-15/h9,15H,7-8H2,1-6H3,(H,14,17). The highest BCUT2D eigenvalue weighted by atomic mass is 16.6. The number of rotatable bonds is 5. The minimum absolute atomic E-state index is 0.0629. The first kappa shape index (κ1) is 17.7. The van der Waals surface area contributed by atoms with Crippen molar-refractivity contribution in [1.82, 2.24) is 5.32 Å². The van der Waals surface area contributed by atoms with Gasteiger partial charge < -0.3 is 19.9 Å². The Morgan fingerprint density at radius 3 is 2.11 bits per heavy atom. The number of carbonyl (C=O) groups is 2. The quantitative estimate of drug-likeness (QED) is 0.739. The summed E-state index contributed by atoms with van der Waals surface area (Å²) in [4.78, 5) is 23.3. The lowest BCUT2D eigenvalue weighted by Gasteiger charge is -2.29. The minimum atomic E-state index is -0.790. The van der Waals surface area contributed by atoms with E-state index < -0.39 is 28.9 Å². The highest BCUT2D eigenvalue weighted by Gasteiger charge is 2.34. The van der Waals surface area contributed by atoms with Crippen molar-refractivity contribution in [3.63, 3.8) is 0 Å². The number of nitrogens with one attached hydrogen (secondary N) is 1. The first-order valence-electron chi connectivity index (χ1n) is 6.15. The van der Waals surface area contributed by atoms with Crippen LogP contribution in [0.5, 0.6) is 0 Å². The summed E-state index contributed by atoms with van der Waals surface area (Å²) in [5, 5.41) is 11.5. The Balaban J connectivity index is 4.54. The second-order valence-electron chi connectivity index (χ2n) is 6.36. The zero-order valence-corrected chi connectivity index (χ0v) is 12.6. The van der Waals surface area contributed by atoms with E-state index in [4.69, 9.17) is 9.84 Å². The Hall–Kier alpha value is -1.30. The molecule has 0 aromatic rings. The van der Waals surface area contributed by atoms with Gasteiger partial charge in [0, 0.05) is 5.41 Å². The van der Waals surface area contributed by atoms with Crippen molar-refractivity contribution < 1.29 is 24.2 Å². The van der Waals surface area contributed by atoms with Gasteiger partial charge in [-0.3, -0.25) is 0 Å². The number of ether oxygens (including phenoxy) is 2. The average Bonchev–Trinajstić information content (AvgIpc) is 2.31. The molecule has 6 nitrogen and oxygen atoms in total. The molecule has 2 N–H and O–H groups in total. The molecule has 19 heavy (non-hydrogen) atoms. The maximum Gasteiger partial charge on any atom is 0.407 e. The maximum atomic E-state index is 11.7. The van der Waals surface area contributed by atoms with Gasteiger partial charge in [-0.25, -0.2) is 9.59 Å². The first-order valence-corrected chi connectivity index (χ1v) is 6.15. The molecule has 0 fully saturated rings. The molecule has 0 spiro atoms. The third-order valence-corrected chi connectivity index (χ3v) is 2.59. The molecule has 1 amide bonds. The smallest absolute Gasteiger partial charge is 0.407 e. The normalized spacial score (nSPS) is 13.6. The number of amides is 1. The summed E-state index contributed by atoms with van der Waals surface area (Å²) in [6, 6.07) is -0.790. The summed E-state index contributed by atoms with van der Waals surface area (Å²) in [6.07, 6.45) is -0.702. The van der Waals surface area contributed by atoms with Crippen LogP contribution in [-0.4, -0.2) is 43.5 Å². The summed E-state index contributed by atoms with van der Waals surface area (Å²) < 4.78 is 9.66. The topological polar surface area (TPSA) is 84.9 Å². The number of aliphatic hydroxyl groups excluding tert-OH is 1. The lowest BCUT2D eigenvalue weighted by molar-refractivity contribution is -0.145. The fourth-order valence-corrected chi connectivity index (χ4v) is 1.21. The van der Waals surface area contributed by atoms with Gasteiger partial charge in [0.05, 0.1) is 13.7 Å². The Morgan fingerprint density at radius 2 is 1.74 bits per heavy atom. The van der Waals surface area contributed by atoms with Crippen LogP contribution in [0.2, 0.25) is 0 Å². The van der Waals surface area contributed by atoms with Gasteiger partial charge in [-0.1, -0.05) is 34.6 Å². The molecule has 112 valence electrons. The van der Waals surface area contributed by atoms with E-state index in [-0.39, 0.29) is 13.2 Å². The molecule has 0 aromatic carbocycles. The number of carbonyl (C=O) groups excluding carboxylic acids is 2.